The number of cyclic esters (lactones) is 1. The average Bonchev–Trinajstić information content (AvgIpc) is 3.18. The molecule has 6 atom stereocenters. The maximum absolute atomic E-state index is 12.3. The second-order valence-corrected chi connectivity index (χ2v) is 9.81. The zero-order valence-electron chi connectivity index (χ0n) is 17.0. The van der Waals surface area contributed by atoms with Crippen LogP contribution in [-0.2, 0) is 9.53 Å². The maximum Gasteiger partial charge on any atom is 0.334 e. The highest BCUT2D eigenvalue weighted by molar-refractivity contribution is 9.11. The monoisotopic (exact) mass is 442 g/mol. The van der Waals surface area contributed by atoms with Crippen molar-refractivity contribution in [3.63, 3.8) is 0 Å². The summed E-state index contributed by atoms with van der Waals surface area (Å²) >= 11 is 3.62. The van der Waals surface area contributed by atoms with Gasteiger partial charge < -0.3 is 4.74 Å². The molecule has 1 aliphatic heterocycles. The summed E-state index contributed by atoms with van der Waals surface area (Å²) in [5, 5.41) is 0. The van der Waals surface area contributed by atoms with E-state index in [0.29, 0.717) is 28.7 Å². The minimum atomic E-state index is -0.219. The summed E-state index contributed by atoms with van der Waals surface area (Å²) < 4.78 is 5.82. The number of rotatable bonds is 4. The van der Waals surface area contributed by atoms with Crippen LogP contribution in [0, 0.1) is 23.2 Å². The molecule has 2 saturated carbocycles. The van der Waals surface area contributed by atoms with Gasteiger partial charge in [-0.3, -0.25) is 0 Å². The van der Waals surface area contributed by atoms with Crippen LogP contribution in [0.3, 0.4) is 0 Å². The minimum absolute atomic E-state index is 0.00879. The van der Waals surface area contributed by atoms with Gasteiger partial charge in [-0.25, -0.2) is 4.79 Å². The van der Waals surface area contributed by atoms with E-state index in [2.05, 4.69) is 53.5 Å². The molecular formula is C25H31BrO2. The highest BCUT2D eigenvalue weighted by atomic mass is 79.9. The van der Waals surface area contributed by atoms with Crippen molar-refractivity contribution in [3.05, 3.63) is 58.6 Å². The molecule has 1 aromatic carbocycles. The Balaban J connectivity index is 1.54. The molecule has 0 unspecified atom stereocenters. The zero-order valence-corrected chi connectivity index (χ0v) is 18.6. The lowest BCUT2D eigenvalue weighted by Gasteiger charge is -2.44. The SMILES string of the molecule is C=C1C(=O)O[C@@H](C[C@@H](C)[C@H]2CC[C@H]3C(=CBr)CCC[C@]23C)[C@@H]1c1ccccc1. The standard InChI is InChI=1S/C25H31BrO2/c1-16(20-11-12-21-19(15-26)10-7-13-25(20,21)3)14-22-23(17(2)24(27)28-22)18-8-5-4-6-9-18/h4-6,8-9,15-16,20-23H,2,7,10-14H2,1,3H3/t16-,20-,21+,22+,23+,25-/m1/s1. The minimum Gasteiger partial charge on any atom is -0.458 e. The Morgan fingerprint density at radius 3 is 2.79 bits per heavy atom. The van der Waals surface area contributed by atoms with Gasteiger partial charge in [0, 0.05) is 5.57 Å². The summed E-state index contributed by atoms with van der Waals surface area (Å²) in [5.41, 5.74) is 3.74. The van der Waals surface area contributed by atoms with Gasteiger partial charge in [0.2, 0.25) is 0 Å². The number of fused-ring (bicyclic) bond motifs is 1. The molecule has 1 heterocycles. The summed E-state index contributed by atoms with van der Waals surface area (Å²) in [6, 6.07) is 10.3. The van der Waals surface area contributed by atoms with E-state index in [0.717, 1.165) is 12.0 Å². The fraction of sp³-hybridized carbons (Fsp3) is 0.560. The number of hydrogen-bond acceptors (Lipinski definition) is 2. The quantitative estimate of drug-likeness (QED) is 0.379. The highest BCUT2D eigenvalue weighted by Gasteiger charge is 2.51. The van der Waals surface area contributed by atoms with Gasteiger partial charge in [-0.1, -0.05) is 72.3 Å². The van der Waals surface area contributed by atoms with Crippen molar-refractivity contribution in [3.8, 4) is 0 Å². The molecule has 2 aliphatic carbocycles. The van der Waals surface area contributed by atoms with Crippen molar-refractivity contribution in [1.82, 2.24) is 0 Å². The summed E-state index contributed by atoms with van der Waals surface area (Å²) in [7, 11) is 0. The van der Waals surface area contributed by atoms with E-state index in [4.69, 9.17) is 4.74 Å². The summed E-state index contributed by atoms with van der Waals surface area (Å²) in [4.78, 5) is 14.5. The normalized spacial score (nSPS) is 37.8. The Labute approximate surface area is 177 Å². The molecule has 150 valence electrons. The first-order chi connectivity index (χ1) is 13.5. The van der Waals surface area contributed by atoms with Crippen molar-refractivity contribution in [2.75, 3.05) is 0 Å². The van der Waals surface area contributed by atoms with Crippen molar-refractivity contribution >= 4 is 21.9 Å². The molecule has 0 aromatic heterocycles. The largest absolute Gasteiger partial charge is 0.458 e. The maximum atomic E-state index is 12.3. The number of carbonyl (C=O) groups excluding carboxylic acids is 1. The van der Waals surface area contributed by atoms with Crippen molar-refractivity contribution in [2.24, 2.45) is 23.2 Å². The second-order valence-electron chi connectivity index (χ2n) is 9.35. The fourth-order valence-corrected chi connectivity index (χ4v) is 7.12. The van der Waals surface area contributed by atoms with Gasteiger partial charge in [-0.05, 0) is 72.2 Å². The number of ether oxygens (including phenoxy) is 1. The zero-order chi connectivity index (χ0) is 19.9. The van der Waals surface area contributed by atoms with E-state index in [1.165, 1.54) is 32.1 Å². The number of esters is 1. The number of benzene rings is 1. The van der Waals surface area contributed by atoms with E-state index in [1.54, 1.807) is 5.57 Å². The van der Waals surface area contributed by atoms with E-state index in [-0.39, 0.29) is 18.0 Å². The first kappa shape index (κ1) is 19.9. The first-order valence-corrected chi connectivity index (χ1v) is 11.6. The molecule has 3 heteroatoms. The first-order valence-electron chi connectivity index (χ1n) is 10.7. The van der Waals surface area contributed by atoms with Crippen LogP contribution in [0.4, 0.5) is 0 Å². The van der Waals surface area contributed by atoms with Crippen LogP contribution in [0.5, 0.6) is 0 Å². The van der Waals surface area contributed by atoms with Crippen molar-refractivity contribution in [1.29, 1.82) is 0 Å². The Hall–Kier alpha value is -1.35. The Morgan fingerprint density at radius 1 is 1.32 bits per heavy atom. The predicted octanol–water partition coefficient (Wildman–Crippen LogP) is 6.77. The Kier molecular flexibility index (Phi) is 5.57. The average molecular weight is 443 g/mol. The molecule has 0 bridgehead atoms. The molecule has 0 spiro atoms. The van der Waals surface area contributed by atoms with Gasteiger partial charge in [0.25, 0.3) is 0 Å². The molecule has 1 saturated heterocycles. The third-order valence-corrected chi connectivity index (χ3v) is 8.48. The predicted molar refractivity (Wildman–Crippen MR) is 117 cm³/mol. The molecule has 1 aromatic rings. The van der Waals surface area contributed by atoms with Crippen LogP contribution >= 0.6 is 15.9 Å². The van der Waals surface area contributed by atoms with E-state index in [9.17, 15) is 4.79 Å². The van der Waals surface area contributed by atoms with Crippen molar-refractivity contribution < 1.29 is 9.53 Å². The number of halogens is 1. The Bertz CT molecular complexity index is 783. The third kappa shape index (κ3) is 3.30. The van der Waals surface area contributed by atoms with Gasteiger partial charge in [-0.2, -0.15) is 0 Å². The number of allylic oxidation sites excluding steroid dienone is 1. The van der Waals surface area contributed by atoms with Crippen LogP contribution in [0.2, 0.25) is 0 Å². The molecule has 0 radical (unpaired) electrons. The van der Waals surface area contributed by atoms with Gasteiger partial charge in [0.15, 0.2) is 0 Å². The molecule has 2 nitrogen and oxygen atoms in total. The van der Waals surface area contributed by atoms with E-state index < -0.39 is 0 Å². The van der Waals surface area contributed by atoms with Crippen LogP contribution in [0.1, 0.15) is 63.9 Å². The van der Waals surface area contributed by atoms with Gasteiger partial charge >= 0.3 is 5.97 Å². The number of hydrogen-bond donors (Lipinski definition) is 0. The topological polar surface area (TPSA) is 26.3 Å². The molecule has 0 amide bonds. The van der Waals surface area contributed by atoms with Crippen LogP contribution in [0.25, 0.3) is 0 Å². The Morgan fingerprint density at radius 2 is 2.07 bits per heavy atom. The van der Waals surface area contributed by atoms with E-state index in [1.807, 2.05) is 18.2 Å². The molecule has 28 heavy (non-hydrogen) atoms. The van der Waals surface area contributed by atoms with Crippen LogP contribution in [-0.4, -0.2) is 12.1 Å². The smallest absolute Gasteiger partial charge is 0.334 e. The molecular weight excluding hydrogens is 412 g/mol. The molecule has 4 rings (SSSR count). The lowest BCUT2D eigenvalue weighted by atomic mass is 9.61. The fourth-order valence-electron chi connectivity index (χ4n) is 6.57. The third-order valence-electron chi connectivity index (χ3n) is 7.90. The van der Waals surface area contributed by atoms with Crippen LogP contribution < -0.4 is 0 Å². The summed E-state index contributed by atoms with van der Waals surface area (Å²) in [5.74, 6) is 1.69. The second kappa shape index (κ2) is 7.82. The highest BCUT2D eigenvalue weighted by Crippen LogP contribution is 2.60. The lowest BCUT2D eigenvalue weighted by Crippen LogP contribution is -2.37. The van der Waals surface area contributed by atoms with Crippen LogP contribution in [0.15, 0.2) is 53.0 Å². The van der Waals surface area contributed by atoms with E-state index >= 15 is 0 Å². The lowest BCUT2D eigenvalue weighted by molar-refractivity contribution is -0.139. The van der Waals surface area contributed by atoms with Gasteiger partial charge in [0.1, 0.15) is 6.10 Å². The molecule has 0 N–H and O–H groups in total. The number of carbonyl (C=O) groups is 1. The summed E-state index contributed by atoms with van der Waals surface area (Å²) in [6.45, 7) is 8.95. The molecule has 3 aliphatic rings. The van der Waals surface area contributed by atoms with Crippen molar-refractivity contribution in [2.45, 2.75) is 64.4 Å². The summed E-state index contributed by atoms with van der Waals surface area (Å²) in [6.07, 6.45) is 7.25. The van der Waals surface area contributed by atoms with Gasteiger partial charge in [-0.15, -0.1) is 0 Å². The van der Waals surface area contributed by atoms with Gasteiger partial charge in [0.05, 0.1) is 5.92 Å². The molecule has 3 fully saturated rings.